The van der Waals surface area contributed by atoms with Crippen molar-refractivity contribution < 1.29 is 14.7 Å². The van der Waals surface area contributed by atoms with Gasteiger partial charge in [-0.15, -0.1) is 0 Å². The summed E-state index contributed by atoms with van der Waals surface area (Å²) in [4.78, 5) is 27.6. The van der Waals surface area contributed by atoms with Crippen LogP contribution in [0.2, 0.25) is 0 Å². The molecule has 13 aromatic rings. The fourth-order valence-electron chi connectivity index (χ4n) is 14.6. The van der Waals surface area contributed by atoms with Gasteiger partial charge in [-0.2, -0.15) is 0 Å². The number of fused-ring (bicyclic) bond motifs is 4. The fourth-order valence-corrected chi connectivity index (χ4v) is 14.6. The Morgan fingerprint density at radius 2 is 0.706 bits per heavy atom. The number of benzene rings is 13. The van der Waals surface area contributed by atoms with Gasteiger partial charge >= 0.3 is 0 Å². The Balaban J connectivity index is 0.000000148. The van der Waals surface area contributed by atoms with E-state index in [2.05, 4.69) is 277 Å². The lowest BCUT2D eigenvalue weighted by molar-refractivity contribution is 0.0947. The number of carbonyl (C=O) groups excluding carboxylic acids is 2. The molecular weight excluding hydrogens is 1240 g/mol. The molecule has 520 valence electrons. The van der Waals surface area contributed by atoms with Gasteiger partial charge in [-0.3, -0.25) is 14.5 Å². The molecule has 4 nitrogen and oxygen atoms in total. The minimum absolute atomic E-state index is 0.191. The second kappa shape index (κ2) is 38.3. The average molecular weight is 1340 g/mol. The van der Waals surface area contributed by atoms with E-state index in [0.717, 1.165) is 66.5 Å². The summed E-state index contributed by atoms with van der Waals surface area (Å²) in [5.74, 6) is 2.04. The second-order valence-corrected chi connectivity index (χ2v) is 28.4. The molecule has 0 aliphatic carbocycles. The summed E-state index contributed by atoms with van der Waals surface area (Å²) in [6, 6.07) is 104. The zero-order chi connectivity index (χ0) is 71.6. The van der Waals surface area contributed by atoms with E-state index in [-0.39, 0.29) is 23.7 Å². The van der Waals surface area contributed by atoms with E-state index in [9.17, 15) is 14.7 Å². The van der Waals surface area contributed by atoms with Gasteiger partial charge in [0.05, 0.1) is 6.10 Å². The lowest BCUT2D eigenvalue weighted by atomic mass is 9.90. The van der Waals surface area contributed by atoms with Crippen molar-refractivity contribution in [3.8, 4) is 0 Å². The first-order valence-electron chi connectivity index (χ1n) is 37.3. The third kappa shape index (κ3) is 21.6. The predicted octanol–water partition coefficient (Wildman–Crippen LogP) is 26.1. The van der Waals surface area contributed by atoms with Gasteiger partial charge < -0.3 is 5.11 Å². The van der Waals surface area contributed by atoms with E-state index in [0.29, 0.717) is 37.1 Å². The molecular formula is C98H105NO3. The van der Waals surface area contributed by atoms with Crippen LogP contribution in [0.3, 0.4) is 0 Å². The highest BCUT2D eigenvalue weighted by molar-refractivity contribution is 5.97. The van der Waals surface area contributed by atoms with E-state index >= 15 is 0 Å². The summed E-state index contributed by atoms with van der Waals surface area (Å²) >= 11 is 0. The van der Waals surface area contributed by atoms with Crippen molar-refractivity contribution >= 4 is 54.7 Å². The van der Waals surface area contributed by atoms with Crippen LogP contribution in [0.4, 0.5) is 0 Å². The molecule has 1 unspecified atom stereocenters. The molecule has 0 fully saturated rings. The smallest absolute Gasteiger partial charge is 0.164 e. The summed E-state index contributed by atoms with van der Waals surface area (Å²) in [5, 5.41) is 21.0. The van der Waals surface area contributed by atoms with Crippen LogP contribution in [-0.2, 0) is 13.0 Å². The molecule has 13 aromatic carbocycles. The molecule has 1 N–H and O–H groups in total. The van der Waals surface area contributed by atoms with Crippen molar-refractivity contribution in [2.75, 3.05) is 6.54 Å². The summed E-state index contributed by atoms with van der Waals surface area (Å²) in [5.41, 5.74) is 15.9. The summed E-state index contributed by atoms with van der Waals surface area (Å²) in [6.07, 6.45) is 10.7. The van der Waals surface area contributed by atoms with Crippen molar-refractivity contribution in [1.29, 1.82) is 0 Å². The lowest BCUT2D eigenvalue weighted by Gasteiger charge is -2.30. The van der Waals surface area contributed by atoms with Crippen molar-refractivity contribution in [2.45, 2.75) is 162 Å². The van der Waals surface area contributed by atoms with E-state index in [1.54, 1.807) is 0 Å². The number of aryl methyl sites for hydroxylation is 5. The first-order chi connectivity index (χ1) is 49.6. The molecule has 0 aromatic heterocycles. The van der Waals surface area contributed by atoms with Crippen LogP contribution in [0, 0.1) is 27.7 Å². The number of aliphatic hydroxyl groups excluding tert-OH is 1. The Morgan fingerprint density at radius 1 is 0.333 bits per heavy atom. The van der Waals surface area contributed by atoms with Crippen LogP contribution < -0.4 is 0 Å². The minimum Gasteiger partial charge on any atom is -0.388 e. The molecule has 0 heterocycles. The number of aliphatic hydroxyl groups is 1. The van der Waals surface area contributed by atoms with E-state index < -0.39 is 0 Å². The Kier molecular flexibility index (Phi) is 28.1. The van der Waals surface area contributed by atoms with E-state index in [4.69, 9.17) is 0 Å². The number of hydrogen-bond donors (Lipinski definition) is 1. The summed E-state index contributed by atoms with van der Waals surface area (Å²) in [6.45, 7) is 19.0. The van der Waals surface area contributed by atoms with Crippen LogP contribution in [0.25, 0.3) is 43.1 Å². The normalized spacial score (nSPS) is 12.6. The fraction of sp³-hybridized carbons (Fsp3) is 0.265. The molecule has 102 heavy (non-hydrogen) atoms. The monoisotopic (exact) mass is 1340 g/mol. The number of rotatable bonds is 26. The summed E-state index contributed by atoms with van der Waals surface area (Å²) < 4.78 is 0. The van der Waals surface area contributed by atoms with Crippen LogP contribution in [0.15, 0.2) is 297 Å². The molecule has 0 radical (unpaired) electrons. The van der Waals surface area contributed by atoms with Crippen molar-refractivity contribution in [3.63, 3.8) is 0 Å². The maximum atomic E-state index is 12.9. The Bertz CT molecular complexity index is 4770. The van der Waals surface area contributed by atoms with Crippen molar-refractivity contribution in [3.05, 3.63) is 370 Å². The first kappa shape index (κ1) is 74.8. The van der Waals surface area contributed by atoms with Gasteiger partial charge in [0, 0.05) is 43.1 Å². The SMILES string of the molecule is Cc1cccc(C(=O)CCC[C@H](C)c2cccc3ccccc23)c1.Cc1cccc(C(=O)CCN(Cc2ccccc2)[C@H](C)c2cccc3ccccc23)c1.Cc1cccc(C(O)CCC[C@H](C)c2cccc3ccccc23)c1.Cc1cccc(CCCC[C@H](C)c2cccc3ccccc23)c1. The highest BCUT2D eigenvalue weighted by Crippen LogP contribution is 2.34. The highest BCUT2D eigenvalue weighted by Gasteiger charge is 2.21. The number of ketones is 2. The van der Waals surface area contributed by atoms with Crippen molar-refractivity contribution in [2.24, 2.45) is 0 Å². The van der Waals surface area contributed by atoms with Gasteiger partial charge in [-0.25, -0.2) is 0 Å². The molecule has 0 aliphatic rings. The number of unbranched alkanes of at least 4 members (excludes halogenated alkanes) is 1. The van der Waals surface area contributed by atoms with Gasteiger partial charge in [-0.05, 0) is 198 Å². The highest BCUT2D eigenvalue weighted by atomic mass is 16.3. The van der Waals surface area contributed by atoms with E-state index in [1.165, 1.54) is 113 Å². The molecule has 5 atom stereocenters. The quantitative estimate of drug-likeness (QED) is 0.0434. The predicted molar refractivity (Wildman–Crippen MR) is 435 cm³/mol. The molecule has 4 heteroatoms. The van der Waals surface area contributed by atoms with Gasteiger partial charge in [-0.1, -0.05) is 335 Å². The third-order valence-corrected chi connectivity index (χ3v) is 20.4. The van der Waals surface area contributed by atoms with Gasteiger partial charge in [0.25, 0.3) is 0 Å². The average Bonchev–Trinajstić information content (AvgIpc) is 0.831. The molecule has 0 saturated carbocycles. The van der Waals surface area contributed by atoms with Crippen LogP contribution in [-0.4, -0.2) is 28.1 Å². The zero-order valence-electron chi connectivity index (χ0n) is 61.6. The van der Waals surface area contributed by atoms with Crippen molar-refractivity contribution in [1.82, 2.24) is 4.90 Å². The number of nitrogens with zero attached hydrogens (tertiary/aromatic N) is 1. The van der Waals surface area contributed by atoms with E-state index in [1.807, 2.05) is 80.6 Å². The van der Waals surface area contributed by atoms with Crippen LogP contribution >= 0.6 is 0 Å². The number of hydrogen-bond acceptors (Lipinski definition) is 4. The second-order valence-electron chi connectivity index (χ2n) is 28.4. The largest absolute Gasteiger partial charge is 0.388 e. The van der Waals surface area contributed by atoms with Crippen LogP contribution in [0.5, 0.6) is 0 Å². The number of carbonyl (C=O) groups is 2. The first-order valence-corrected chi connectivity index (χ1v) is 37.3. The zero-order valence-corrected chi connectivity index (χ0v) is 61.6. The molecule has 0 aliphatic heterocycles. The summed E-state index contributed by atoms with van der Waals surface area (Å²) in [7, 11) is 0. The molecule has 13 rings (SSSR count). The Labute approximate surface area is 609 Å². The molecule has 0 saturated heterocycles. The number of Topliss-reactive ketones (excluding diaryl/α,β-unsaturated/α-hetero) is 2. The maximum absolute atomic E-state index is 12.9. The molecule has 0 spiro atoms. The van der Waals surface area contributed by atoms with Crippen LogP contribution in [0.1, 0.15) is 204 Å². The third-order valence-electron chi connectivity index (χ3n) is 20.4. The van der Waals surface area contributed by atoms with Gasteiger partial charge in [0.15, 0.2) is 11.6 Å². The molecule has 0 amide bonds. The molecule has 0 bridgehead atoms. The minimum atomic E-state index is -0.357. The maximum Gasteiger partial charge on any atom is 0.164 e. The lowest BCUT2D eigenvalue weighted by Crippen LogP contribution is -2.29. The van der Waals surface area contributed by atoms with Gasteiger partial charge in [0.2, 0.25) is 0 Å². The Hall–Kier alpha value is -9.84. The van der Waals surface area contributed by atoms with Gasteiger partial charge in [0.1, 0.15) is 0 Å². The standard InChI is InChI=1S/C29H29NO.C23H26O.C23H24O.C23H26/c1-22-10-8-15-26(20-22)29(31)18-19-30(21-24-11-4-3-5-12-24)23(2)27-17-9-14-25-13-6-7-16-28(25)27;2*1-17-8-5-12-20(16-17)23(24)15-6-9-18(2)21-14-7-11-19-10-3-4-13-22(19)21;1-18-9-7-12-20(17-18)11-4-3-10-19(2)22-16-8-14-21-13-5-6-15-23(21)22/h3-17,20,23H,18-19,21H2,1-2H3;3-5,7-8,10-14,16,18,23-24H,6,9,15H2,1-2H3;3-5,7-8,10-14,16,18H,6,9,15H2,1-2H3;5-9,12-17,19H,3-4,10-11H2,1-2H3/t23-;18-,23?;18-;19-/m1000/s1. The topological polar surface area (TPSA) is 57.6 Å². The Morgan fingerprint density at radius 3 is 1.19 bits per heavy atom.